The summed E-state index contributed by atoms with van der Waals surface area (Å²) < 4.78 is 3.52. The maximum Gasteiger partial charge on any atom is 0.222 e. The van der Waals surface area contributed by atoms with E-state index in [4.69, 9.17) is 16.7 Å². The number of aliphatic hydroxyl groups excluding tert-OH is 1. The van der Waals surface area contributed by atoms with Crippen LogP contribution in [0.4, 0.5) is 5.82 Å². The zero-order chi connectivity index (χ0) is 22.9. The molecule has 10 nitrogen and oxygen atoms in total. The van der Waals surface area contributed by atoms with Crippen LogP contribution in [0.1, 0.15) is 41.9 Å². The molecule has 168 valence electrons. The quantitative estimate of drug-likeness (QED) is 0.446. The minimum Gasteiger partial charge on any atom is -0.396 e. The van der Waals surface area contributed by atoms with E-state index in [2.05, 4.69) is 31.9 Å². The Kier molecular flexibility index (Phi) is 6.04. The van der Waals surface area contributed by atoms with Gasteiger partial charge < -0.3 is 15.7 Å². The van der Waals surface area contributed by atoms with Crippen LogP contribution in [0, 0.1) is 25.2 Å². The smallest absolute Gasteiger partial charge is 0.222 e. The standard InChI is InChI=1S/C21H25ClN8O2/c1-13-18(22)20-26-19(16(11-23)14(2)30(20)27-13)24-8-3-15-4-9-29(28-15)21(6-7-21)12-25-17(32)5-10-31/h4,9,31H,3,5-8,10,12H2,1-2H3,(H,24,26)(H,25,32). The molecule has 0 spiro atoms. The van der Waals surface area contributed by atoms with Gasteiger partial charge in [-0.15, -0.1) is 0 Å². The summed E-state index contributed by atoms with van der Waals surface area (Å²) in [5.41, 5.74) is 3.02. The number of halogens is 1. The molecule has 1 amide bonds. The molecule has 1 aliphatic rings. The van der Waals surface area contributed by atoms with Crippen molar-refractivity contribution < 1.29 is 9.90 Å². The highest BCUT2D eigenvalue weighted by molar-refractivity contribution is 6.34. The van der Waals surface area contributed by atoms with Crippen LogP contribution in [0.15, 0.2) is 12.3 Å². The largest absolute Gasteiger partial charge is 0.396 e. The molecule has 3 aromatic rings. The molecule has 0 atom stereocenters. The molecular weight excluding hydrogens is 432 g/mol. The third-order valence-corrected chi connectivity index (χ3v) is 6.24. The molecule has 0 aromatic carbocycles. The number of carbonyl (C=O) groups is 1. The van der Waals surface area contributed by atoms with Crippen LogP contribution in [0.3, 0.4) is 0 Å². The number of aliphatic hydroxyl groups is 1. The van der Waals surface area contributed by atoms with Crippen LogP contribution < -0.4 is 10.6 Å². The molecule has 0 radical (unpaired) electrons. The van der Waals surface area contributed by atoms with Gasteiger partial charge in [0.25, 0.3) is 0 Å². The van der Waals surface area contributed by atoms with Gasteiger partial charge in [-0.1, -0.05) is 11.6 Å². The topological polar surface area (TPSA) is 133 Å². The highest BCUT2D eigenvalue weighted by Gasteiger charge is 2.45. The van der Waals surface area contributed by atoms with Gasteiger partial charge in [-0.2, -0.15) is 15.5 Å². The summed E-state index contributed by atoms with van der Waals surface area (Å²) in [6, 6.07) is 4.16. The first-order valence-corrected chi connectivity index (χ1v) is 10.9. The molecule has 3 heterocycles. The van der Waals surface area contributed by atoms with E-state index in [1.54, 1.807) is 11.4 Å². The van der Waals surface area contributed by atoms with Crippen molar-refractivity contribution in [3.8, 4) is 6.07 Å². The molecule has 0 aliphatic heterocycles. The molecule has 0 unspecified atom stereocenters. The van der Waals surface area contributed by atoms with Crippen molar-refractivity contribution in [1.82, 2.24) is 29.7 Å². The molecule has 0 saturated heterocycles. The number of hydrogen-bond donors (Lipinski definition) is 3. The average molecular weight is 457 g/mol. The molecule has 3 aromatic heterocycles. The number of amides is 1. The summed E-state index contributed by atoms with van der Waals surface area (Å²) in [4.78, 5) is 16.2. The van der Waals surface area contributed by atoms with Gasteiger partial charge in [0.2, 0.25) is 5.91 Å². The van der Waals surface area contributed by atoms with Crippen LogP contribution >= 0.6 is 11.6 Å². The van der Waals surface area contributed by atoms with Gasteiger partial charge in [-0.05, 0) is 32.8 Å². The lowest BCUT2D eigenvalue weighted by atomic mass is 10.2. The fourth-order valence-corrected chi connectivity index (χ4v) is 3.84. The number of hydrogen-bond acceptors (Lipinski definition) is 7. The van der Waals surface area contributed by atoms with Gasteiger partial charge in [0.1, 0.15) is 22.5 Å². The number of nitriles is 1. The Morgan fingerprint density at radius 3 is 2.84 bits per heavy atom. The van der Waals surface area contributed by atoms with Crippen molar-refractivity contribution >= 4 is 29.0 Å². The van der Waals surface area contributed by atoms with E-state index >= 15 is 0 Å². The number of anilines is 1. The summed E-state index contributed by atoms with van der Waals surface area (Å²) >= 11 is 6.32. The molecule has 1 aliphatic carbocycles. The molecular formula is C21H25ClN8O2. The molecule has 1 fully saturated rings. The van der Waals surface area contributed by atoms with Crippen molar-refractivity contribution in [3.63, 3.8) is 0 Å². The summed E-state index contributed by atoms with van der Waals surface area (Å²) in [5.74, 6) is 0.320. The maximum absolute atomic E-state index is 11.7. The van der Waals surface area contributed by atoms with Crippen molar-refractivity contribution in [2.24, 2.45) is 0 Å². The van der Waals surface area contributed by atoms with Crippen LogP contribution in [-0.2, 0) is 16.8 Å². The van der Waals surface area contributed by atoms with E-state index in [9.17, 15) is 10.1 Å². The van der Waals surface area contributed by atoms with E-state index in [1.807, 2.05) is 23.9 Å². The fourth-order valence-electron chi connectivity index (χ4n) is 3.68. The van der Waals surface area contributed by atoms with Gasteiger partial charge in [0.15, 0.2) is 5.65 Å². The van der Waals surface area contributed by atoms with Crippen molar-refractivity contribution in [2.45, 2.75) is 45.1 Å². The van der Waals surface area contributed by atoms with E-state index in [-0.39, 0.29) is 24.5 Å². The summed E-state index contributed by atoms with van der Waals surface area (Å²) in [5, 5.41) is 34.1. The van der Waals surface area contributed by atoms with Crippen LogP contribution in [-0.4, -0.2) is 55.1 Å². The number of rotatable bonds is 9. The number of aromatic nitrogens is 5. The maximum atomic E-state index is 11.7. The first kappa shape index (κ1) is 22.0. The van der Waals surface area contributed by atoms with Crippen molar-refractivity contribution in [2.75, 3.05) is 25.0 Å². The predicted molar refractivity (Wildman–Crippen MR) is 119 cm³/mol. The minimum atomic E-state index is -0.176. The molecule has 11 heteroatoms. The van der Waals surface area contributed by atoms with Crippen LogP contribution in [0.25, 0.3) is 5.65 Å². The van der Waals surface area contributed by atoms with Crippen molar-refractivity contribution in [1.29, 1.82) is 5.26 Å². The molecule has 1 saturated carbocycles. The first-order valence-electron chi connectivity index (χ1n) is 10.5. The van der Waals surface area contributed by atoms with Crippen LogP contribution in [0.2, 0.25) is 5.02 Å². The fraction of sp³-hybridized carbons (Fsp3) is 0.476. The van der Waals surface area contributed by atoms with E-state index in [0.717, 1.165) is 18.5 Å². The Morgan fingerprint density at radius 1 is 1.38 bits per heavy atom. The number of nitrogens with one attached hydrogen (secondary N) is 2. The number of fused-ring (bicyclic) bond motifs is 1. The van der Waals surface area contributed by atoms with Gasteiger partial charge in [0.05, 0.1) is 29.2 Å². The molecule has 4 rings (SSSR count). The lowest BCUT2D eigenvalue weighted by Crippen LogP contribution is -2.36. The second-order valence-electron chi connectivity index (χ2n) is 8.07. The molecule has 32 heavy (non-hydrogen) atoms. The highest BCUT2D eigenvalue weighted by Crippen LogP contribution is 2.42. The Morgan fingerprint density at radius 2 is 2.16 bits per heavy atom. The third kappa shape index (κ3) is 4.13. The second-order valence-corrected chi connectivity index (χ2v) is 8.45. The van der Waals surface area contributed by atoms with Gasteiger partial charge >= 0.3 is 0 Å². The number of aryl methyl sites for hydroxylation is 2. The Balaban J connectivity index is 1.41. The van der Waals surface area contributed by atoms with Crippen molar-refractivity contribution in [3.05, 3.63) is 39.9 Å². The second kappa shape index (κ2) is 8.76. The van der Waals surface area contributed by atoms with E-state index in [0.29, 0.717) is 52.9 Å². The first-order chi connectivity index (χ1) is 15.4. The normalized spacial score (nSPS) is 14.3. The molecule has 3 N–H and O–H groups in total. The van der Waals surface area contributed by atoms with Crippen LogP contribution in [0.5, 0.6) is 0 Å². The summed E-state index contributed by atoms with van der Waals surface area (Å²) in [7, 11) is 0. The zero-order valence-electron chi connectivity index (χ0n) is 18.0. The highest BCUT2D eigenvalue weighted by atomic mass is 35.5. The summed E-state index contributed by atoms with van der Waals surface area (Å²) in [6.07, 6.45) is 4.59. The summed E-state index contributed by atoms with van der Waals surface area (Å²) in [6.45, 7) is 4.51. The van der Waals surface area contributed by atoms with E-state index < -0.39 is 0 Å². The Bertz CT molecular complexity index is 1200. The predicted octanol–water partition coefficient (Wildman–Crippen LogP) is 1.71. The number of nitrogens with zero attached hydrogens (tertiary/aromatic N) is 6. The number of carbonyl (C=O) groups excluding carboxylic acids is 1. The van der Waals surface area contributed by atoms with Gasteiger partial charge in [-0.25, -0.2) is 9.50 Å². The Labute approximate surface area is 190 Å². The Hall–Kier alpha value is -3.16. The molecule has 0 bridgehead atoms. The van der Waals surface area contributed by atoms with Gasteiger partial charge in [0, 0.05) is 32.1 Å². The monoisotopic (exact) mass is 456 g/mol. The third-order valence-electron chi connectivity index (χ3n) is 5.79. The minimum absolute atomic E-state index is 0.111. The van der Waals surface area contributed by atoms with E-state index in [1.165, 1.54) is 0 Å². The lowest BCUT2D eigenvalue weighted by Gasteiger charge is -2.16. The lowest BCUT2D eigenvalue weighted by molar-refractivity contribution is -0.121. The average Bonchev–Trinajstić information content (AvgIpc) is 3.32. The van der Waals surface area contributed by atoms with Gasteiger partial charge in [-0.3, -0.25) is 9.48 Å². The zero-order valence-corrected chi connectivity index (χ0v) is 18.8. The SMILES string of the molecule is Cc1nn2c(C)c(C#N)c(NCCc3ccn(C4(CNC(=O)CCO)CC4)n3)nc2c1Cl.